The first-order chi connectivity index (χ1) is 10.2. The van der Waals surface area contributed by atoms with E-state index in [-0.39, 0.29) is 11.7 Å². The van der Waals surface area contributed by atoms with Gasteiger partial charge in [0.25, 0.3) is 0 Å². The zero-order valence-corrected chi connectivity index (χ0v) is 14.1. The maximum absolute atomic E-state index is 12.4. The van der Waals surface area contributed by atoms with Crippen LogP contribution in [0, 0.1) is 0 Å². The van der Waals surface area contributed by atoms with Gasteiger partial charge in [0.2, 0.25) is 6.41 Å². The standard InChI is InChI=1S/C15H22N2O4S/c1-5-11(2)16-22(19,20)17(10-18)13-8-6-7-12-9-15(3,4)21-14(12)13/h6-8,10-11,16H,5,9H2,1-4H3. The lowest BCUT2D eigenvalue weighted by atomic mass is 10.0. The Bertz CT molecular complexity index is 670. The summed E-state index contributed by atoms with van der Waals surface area (Å²) in [6.07, 6.45) is 1.60. The van der Waals surface area contributed by atoms with Gasteiger partial charge in [-0.15, -0.1) is 0 Å². The molecule has 0 aliphatic carbocycles. The van der Waals surface area contributed by atoms with Crippen molar-refractivity contribution in [3.63, 3.8) is 0 Å². The van der Waals surface area contributed by atoms with Crippen molar-refractivity contribution in [2.75, 3.05) is 4.31 Å². The third-order valence-corrected chi connectivity index (χ3v) is 5.13. The van der Waals surface area contributed by atoms with Crippen molar-refractivity contribution in [3.8, 4) is 5.75 Å². The van der Waals surface area contributed by atoms with Crippen LogP contribution in [0.3, 0.4) is 0 Å². The van der Waals surface area contributed by atoms with Gasteiger partial charge in [-0.2, -0.15) is 17.4 Å². The number of ether oxygens (including phenoxy) is 1. The monoisotopic (exact) mass is 326 g/mol. The Labute approximate surface area is 131 Å². The molecule has 1 N–H and O–H groups in total. The molecule has 0 aromatic heterocycles. The van der Waals surface area contributed by atoms with Gasteiger partial charge in [-0.3, -0.25) is 4.79 Å². The van der Waals surface area contributed by atoms with E-state index in [1.807, 2.05) is 26.8 Å². The van der Waals surface area contributed by atoms with Crippen LogP contribution in [0.25, 0.3) is 0 Å². The molecule has 1 aliphatic rings. The Morgan fingerprint density at radius 3 is 2.73 bits per heavy atom. The van der Waals surface area contributed by atoms with Crippen LogP contribution in [0.15, 0.2) is 18.2 Å². The highest BCUT2D eigenvalue weighted by atomic mass is 32.2. The molecule has 6 nitrogen and oxygen atoms in total. The van der Waals surface area contributed by atoms with Crippen molar-refractivity contribution in [2.24, 2.45) is 0 Å². The first-order valence-corrected chi connectivity index (χ1v) is 8.72. The summed E-state index contributed by atoms with van der Waals surface area (Å²) >= 11 is 0. The average molecular weight is 326 g/mol. The summed E-state index contributed by atoms with van der Waals surface area (Å²) < 4.78 is 33.9. The van der Waals surface area contributed by atoms with E-state index in [0.29, 0.717) is 29.3 Å². The fraction of sp³-hybridized carbons (Fsp3) is 0.533. The number of amides is 1. The summed E-state index contributed by atoms with van der Waals surface area (Å²) in [5.74, 6) is 0.453. The number of rotatable bonds is 6. The molecule has 1 amide bonds. The van der Waals surface area contributed by atoms with Crippen molar-refractivity contribution in [2.45, 2.75) is 52.2 Å². The molecule has 0 spiro atoms. The molecular weight excluding hydrogens is 304 g/mol. The maximum atomic E-state index is 12.4. The maximum Gasteiger partial charge on any atom is 0.308 e. The number of carbonyl (C=O) groups is 1. The molecule has 2 rings (SSSR count). The third kappa shape index (κ3) is 3.25. The molecule has 1 heterocycles. The van der Waals surface area contributed by atoms with E-state index in [9.17, 15) is 13.2 Å². The molecule has 22 heavy (non-hydrogen) atoms. The molecule has 0 saturated heterocycles. The van der Waals surface area contributed by atoms with E-state index >= 15 is 0 Å². The number of carbonyl (C=O) groups excluding carboxylic acids is 1. The normalized spacial score (nSPS) is 17.5. The Balaban J connectivity index is 2.43. The SMILES string of the molecule is CCC(C)NS(=O)(=O)N(C=O)c1cccc2c1OC(C)(C)C2. The number of hydrogen-bond acceptors (Lipinski definition) is 4. The average Bonchev–Trinajstić information content (AvgIpc) is 2.73. The summed E-state index contributed by atoms with van der Waals surface area (Å²) in [5.41, 5.74) is 0.725. The molecule has 0 saturated carbocycles. The lowest BCUT2D eigenvalue weighted by molar-refractivity contribution is -0.106. The van der Waals surface area contributed by atoms with E-state index in [4.69, 9.17) is 4.74 Å². The molecule has 1 aliphatic heterocycles. The van der Waals surface area contributed by atoms with Crippen LogP contribution in [0.5, 0.6) is 5.75 Å². The first-order valence-electron chi connectivity index (χ1n) is 7.28. The van der Waals surface area contributed by atoms with Crippen LogP contribution in [0.2, 0.25) is 0 Å². The van der Waals surface area contributed by atoms with Crippen molar-refractivity contribution >= 4 is 22.3 Å². The number of anilines is 1. The summed E-state index contributed by atoms with van der Waals surface area (Å²) in [5, 5.41) is 0. The molecule has 0 fully saturated rings. The highest BCUT2D eigenvalue weighted by Crippen LogP contribution is 2.42. The van der Waals surface area contributed by atoms with Crippen molar-refractivity contribution in [1.29, 1.82) is 0 Å². The van der Waals surface area contributed by atoms with Gasteiger partial charge in [0.05, 0.1) is 0 Å². The zero-order chi connectivity index (χ0) is 16.5. The first kappa shape index (κ1) is 16.8. The van der Waals surface area contributed by atoms with Crippen molar-refractivity contribution in [3.05, 3.63) is 23.8 Å². The second-order valence-electron chi connectivity index (χ2n) is 6.14. The van der Waals surface area contributed by atoms with Crippen LogP contribution in [-0.2, 0) is 21.4 Å². The minimum Gasteiger partial charge on any atom is -0.485 e. The number of fused-ring (bicyclic) bond motifs is 1. The molecule has 0 radical (unpaired) electrons. The minimum atomic E-state index is -3.96. The smallest absolute Gasteiger partial charge is 0.308 e. The van der Waals surface area contributed by atoms with Crippen LogP contribution in [0.1, 0.15) is 39.7 Å². The van der Waals surface area contributed by atoms with E-state index in [0.717, 1.165) is 5.56 Å². The van der Waals surface area contributed by atoms with Crippen LogP contribution >= 0.6 is 0 Å². The second kappa shape index (κ2) is 5.89. The van der Waals surface area contributed by atoms with Crippen molar-refractivity contribution in [1.82, 2.24) is 4.72 Å². The largest absolute Gasteiger partial charge is 0.485 e. The molecule has 122 valence electrons. The summed E-state index contributed by atoms with van der Waals surface area (Å²) in [7, 11) is -3.96. The van der Waals surface area contributed by atoms with Gasteiger partial charge in [0, 0.05) is 18.0 Å². The lowest BCUT2D eigenvalue weighted by Gasteiger charge is -2.23. The van der Waals surface area contributed by atoms with E-state index < -0.39 is 15.8 Å². The predicted octanol–water partition coefficient (Wildman–Crippen LogP) is 2.00. The van der Waals surface area contributed by atoms with Gasteiger partial charge >= 0.3 is 10.2 Å². The Kier molecular flexibility index (Phi) is 4.49. The van der Waals surface area contributed by atoms with Gasteiger partial charge in [-0.1, -0.05) is 19.1 Å². The fourth-order valence-corrected chi connectivity index (χ4v) is 3.71. The molecule has 1 aromatic carbocycles. The minimum absolute atomic E-state index is 0.244. The highest BCUT2D eigenvalue weighted by molar-refractivity contribution is 7.91. The van der Waals surface area contributed by atoms with Gasteiger partial charge in [0.1, 0.15) is 17.0 Å². The molecular formula is C15H22N2O4S. The quantitative estimate of drug-likeness (QED) is 0.811. The van der Waals surface area contributed by atoms with E-state index in [1.54, 1.807) is 19.1 Å². The number of para-hydroxylation sites is 1. The highest BCUT2D eigenvalue weighted by Gasteiger charge is 2.35. The zero-order valence-electron chi connectivity index (χ0n) is 13.3. The van der Waals surface area contributed by atoms with E-state index in [1.165, 1.54) is 0 Å². The summed E-state index contributed by atoms with van der Waals surface area (Å²) in [6.45, 7) is 7.46. The molecule has 1 atom stereocenters. The molecule has 1 unspecified atom stereocenters. The number of hydrogen-bond donors (Lipinski definition) is 1. The number of nitrogens with one attached hydrogen (secondary N) is 1. The predicted molar refractivity (Wildman–Crippen MR) is 85.2 cm³/mol. The molecule has 0 bridgehead atoms. The van der Waals surface area contributed by atoms with Gasteiger partial charge in [-0.25, -0.2) is 0 Å². The summed E-state index contributed by atoms with van der Waals surface area (Å²) in [4.78, 5) is 11.4. The Hall–Kier alpha value is -1.60. The summed E-state index contributed by atoms with van der Waals surface area (Å²) in [6, 6.07) is 4.92. The lowest BCUT2D eigenvalue weighted by Crippen LogP contribution is -2.44. The van der Waals surface area contributed by atoms with E-state index in [2.05, 4.69) is 4.72 Å². The van der Waals surface area contributed by atoms with Crippen LogP contribution < -0.4 is 13.8 Å². The van der Waals surface area contributed by atoms with Crippen LogP contribution in [-0.4, -0.2) is 26.5 Å². The second-order valence-corrected chi connectivity index (χ2v) is 7.72. The van der Waals surface area contributed by atoms with Crippen LogP contribution in [0.4, 0.5) is 5.69 Å². The number of benzene rings is 1. The third-order valence-electron chi connectivity index (χ3n) is 3.62. The fourth-order valence-electron chi connectivity index (χ4n) is 2.41. The Morgan fingerprint density at radius 1 is 1.45 bits per heavy atom. The number of nitrogens with zero attached hydrogens (tertiary/aromatic N) is 1. The topological polar surface area (TPSA) is 75.7 Å². The Morgan fingerprint density at radius 2 is 2.14 bits per heavy atom. The molecule has 1 aromatic rings. The molecule has 7 heteroatoms. The van der Waals surface area contributed by atoms with Gasteiger partial charge in [-0.05, 0) is 33.3 Å². The van der Waals surface area contributed by atoms with Gasteiger partial charge < -0.3 is 4.74 Å². The van der Waals surface area contributed by atoms with Crippen molar-refractivity contribution < 1.29 is 17.9 Å². The van der Waals surface area contributed by atoms with Gasteiger partial charge in [0.15, 0.2) is 0 Å².